The Balaban J connectivity index is 1.77. The number of hydrogen-bond donors (Lipinski definition) is 0. The van der Waals surface area contributed by atoms with Crippen LogP contribution in [0, 0.1) is 0 Å². The average Bonchev–Trinajstić information content (AvgIpc) is 2.57. The van der Waals surface area contributed by atoms with Gasteiger partial charge in [0.2, 0.25) is 0 Å². The fourth-order valence-electron chi connectivity index (χ4n) is 1.71. The molecule has 0 fully saturated rings. The molecule has 0 atom stereocenters. The molecule has 2 aromatic rings. The van der Waals surface area contributed by atoms with Gasteiger partial charge in [0.15, 0.2) is 5.16 Å². The van der Waals surface area contributed by atoms with Gasteiger partial charge in [-0.1, -0.05) is 18.7 Å². The molecule has 130 valence electrons. The zero-order valence-electron chi connectivity index (χ0n) is 13.0. The quantitative estimate of drug-likeness (QED) is 0.396. The second-order valence-corrected chi connectivity index (χ2v) is 5.80. The lowest BCUT2D eigenvalue weighted by atomic mass is 10.3. The van der Waals surface area contributed by atoms with Gasteiger partial charge in [-0.3, -0.25) is 0 Å². The van der Waals surface area contributed by atoms with E-state index in [1.165, 1.54) is 0 Å². The van der Waals surface area contributed by atoms with Gasteiger partial charge in [0.1, 0.15) is 17.2 Å². The van der Waals surface area contributed by atoms with Crippen LogP contribution in [0.15, 0.2) is 41.7 Å². The van der Waals surface area contributed by atoms with Crippen molar-refractivity contribution in [2.24, 2.45) is 0 Å². The number of rotatable bonds is 8. The monoisotopic (exact) mass is 358 g/mol. The van der Waals surface area contributed by atoms with Crippen LogP contribution in [0.1, 0.15) is 19.0 Å². The first-order chi connectivity index (χ1) is 11.5. The number of nitrogens with zero attached hydrogens (tertiary/aromatic N) is 2. The van der Waals surface area contributed by atoms with E-state index in [0.717, 1.165) is 36.2 Å². The van der Waals surface area contributed by atoms with Gasteiger partial charge >= 0.3 is 6.18 Å². The molecule has 1 aromatic carbocycles. The Morgan fingerprint density at radius 1 is 1.00 bits per heavy atom. The summed E-state index contributed by atoms with van der Waals surface area (Å²) < 4.78 is 48.7. The first-order valence-corrected chi connectivity index (χ1v) is 8.36. The van der Waals surface area contributed by atoms with Gasteiger partial charge in [0, 0.05) is 11.9 Å². The Kier molecular flexibility index (Phi) is 6.72. The summed E-state index contributed by atoms with van der Waals surface area (Å²) in [5.74, 6) is 1.88. The molecular weight excluding hydrogens is 341 g/mol. The fourth-order valence-corrected chi connectivity index (χ4v) is 2.36. The van der Waals surface area contributed by atoms with Crippen LogP contribution in [-0.4, -0.2) is 28.9 Å². The highest BCUT2D eigenvalue weighted by molar-refractivity contribution is 7.99. The number of aromatic nitrogens is 2. The molecule has 24 heavy (non-hydrogen) atoms. The minimum absolute atomic E-state index is 0.0803. The Hall–Kier alpha value is -1.96. The Bertz CT molecular complexity index is 636. The predicted octanol–water partition coefficient (Wildman–Crippen LogP) is 4.46. The van der Waals surface area contributed by atoms with Crippen LogP contribution < -0.4 is 9.47 Å². The highest BCUT2D eigenvalue weighted by Gasteiger charge is 2.32. The van der Waals surface area contributed by atoms with Crippen molar-refractivity contribution in [1.29, 1.82) is 0 Å². The van der Waals surface area contributed by atoms with Crippen molar-refractivity contribution < 1.29 is 22.6 Å². The Morgan fingerprint density at radius 2 is 1.62 bits per heavy atom. The summed E-state index contributed by atoms with van der Waals surface area (Å²) in [4.78, 5) is 7.30. The number of alkyl halides is 3. The van der Waals surface area contributed by atoms with Crippen molar-refractivity contribution in [3.63, 3.8) is 0 Å². The van der Waals surface area contributed by atoms with E-state index in [9.17, 15) is 13.2 Å². The van der Waals surface area contributed by atoms with Crippen LogP contribution in [0.4, 0.5) is 13.2 Å². The van der Waals surface area contributed by atoms with Gasteiger partial charge in [0.05, 0.1) is 13.2 Å². The van der Waals surface area contributed by atoms with Crippen molar-refractivity contribution in [2.45, 2.75) is 24.7 Å². The second kappa shape index (κ2) is 8.77. The summed E-state index contributed by atoms with van der Waals surface area (Å²) in [6.45, 7) is 3.02. The van der Waals surface area contributed by atoms with Crippen LogP contribution in [0.3, 0.4) is 0 Å². The summed E-state index contributed by atoms with van der Waals surface area (Å²) in [6, 6.07) is 8.05. The van der Waals surface area contributed by atoms with Crippen molar-refractivity contribution in [1.82, 2.24) is 9.97 Å². The fraction of sp³-hybridized carbons (Fsp3) is 0.375. The maximum atomic E-state index is 12.6. The molecule has 1 heterocycles. The summed E-state index contributed by atoms with van der Waals surface area (Å²) in [5.41, 5.74) is -0.941. The summed E-state index contributed by atoms with van der Waals surface area (Å²) in [5, 5.41) is 0.0803. The molecule has 8 heteroatoms. The highest BCUT2D eigenvalue weighted by Crippen LogP contribution is 2.28. The zero-order chi connectivity index (χ0) is 17.4. The highest BCUT2D eigenvalue weighted by atomic mass is 32.2. The number of halogens is 3. The Morgan fingerprint density at radius 3 is 2.21 bits per heavy atom. The molecule has 0 saturated heterocycles. The lowest BCUT2D eigenvalue weighted by molar-refractivity contribution is -0.141. The lowest BCUT2D eigenvalue weighted by Crippen LogP contribution is -2.09. The van der Waals surface area contributed by atoms with Crippen LogP contribution in [-0.2, 0) is 6.18 Å². The summed E-state index contributed by atoms with van der Waals surface area (Å²) in [6.07, 6.45) is -2.42. The van der Waals surface area contributed by atoms with Crippen LogP contribution in [0.2, 0.25) is 0 Å². The van der Waals surface area contributed by atoms with E-state index in [-0.39, 0.29) is 5.16 Å². The SMILES string of the molecule is CCCOc1ccc(OCCSc2nccc(C(F)(F)F)n2)cc1. The van der Waals surface area contributed by atoms with Crippen molar-refractivity contribution in [2.75, 3.05) is 19.0 Å². The minimum atomic E-state index is -4.46. The van der Waals surface area contributed by atoms with Gasteiger partial charge in [-0.15, -0.1) is 0 Å². The third-order valence-electron chi connectivity index (χ3n) is 2.80. The maximum Gasteiger partial charge on any atom is 0.433 e. The molecule has 0 spiro atoms. The number of benzene rings is 1. The smallest absolute Gasteiger partial charge is 0.433 e. The largest absolute Gasteiger partial charge is 0.494 e. The zero-order valence-corrected chi connectivity index (χ0v) is 13.9. The van der Waals surface area contributed by atoms with Crippen molar-refractivity contribution in [3.05, 3.63) is 42.2 Å². The van der Waals surface area contributed by atoms with Crippen molar-refractivity contribution in [3.8, 4) is 11.5 Å². The maximum absolute atomic E-state index is 12.6. The number of ether oxygens (including phenoxy) is 2. The predicted molar refractivity (Wildman–Crippen MR) is 85.5 cm³/mol. The van der Waals surface area contributed by atoms with Gasteiger partial charge in [-0.2, -0.15) is 13.2 Å². The second-order valence-electron chi connectivity index (χ2n) is 4.74. The normalized spacial score (nSPS) is 11.3. The number of thioether (sulfide) groups is 1. The Labute approximate surface area is 142 Å². The van der Waals surface area contributed by atoms with Gasteiger partial charge in [-0.25, -0.2) is 9.97 Å². The van der Waals surface area contributed by atoms with E-state index in [1.807, 2.05) is 19.1 Å². The van der Waals surface area contributed by atoms with Crippen LogP contribution in [0.25, 0.3) is 0 Å². The van der Waals surface area contributed by atoms with Gasteiger partial charge < -0.3 is 9.47 Å². The molecule has 0 aliphatic rings. The van der Waals surface area contributed by atoms with Gasteiger partial charge in [-0.05, 0) is 36.8 Å². The lowest BCUT2D eigenvalue weighted by Gasteiger charge is -2.08. The van der Waals surface area contributed by atoms with E-state index >= 15 is 0 Å². The molecule has 0 aliphatic carbocycles. The van der Waals surface area contributed by atoms with Crippen LogP contribution >= 0.6 is 11.8 Å². The summed E-state index contributed by atoms with van der Waals surface area (Å²) in [7, 11) is 0. The van der Waals surface area contributed by atoms with Gasteiger partial charge in [0.25, 0.3) is 0 Å². The third-order valence-corrected chi connectivity index (χ3v) is 3.63. The third kappa shape index (κ3) is 5.92. The molecule has 0 N–H and O–H groups in total. The van der Waals surface area contributed by atoms with E-state index in [4.69, 9.17) is 9.47 Å². The molecule has 0 aliphatic heterocycles. The van der Waals surface area contributed by atoms with E-state index in [1.54, 1.807) is 12.1 Å². The first-order valence-electron chi connectivity index (χ1n) is 7.37. The molecule has 0 unspecified atom stereocenters. The molecule has 0 bridgehead atoms. The molecule has 0 amide bonds. The minimum Gasteiger partial charge on any atom is -0.494 e. The van der Waals surface area contributed by atoms with Crippen LogP contribution in [0.5, 0.6) is 11.5 Å². The summed E-state index contributed by atoms with van der Waals surface area (Å²) >= 11 is 1.11. The topological polar surface area (TPSA) is 44.2 Å². The molecule has 0 radical (unpaired) electrons. The first kappa shape index (κ1) is 18.4. The van der Waals surface area contributed by atoms with E-state index < -0.39 is 11.9 Å². The molecule has 2 rings (SSSR count). The van der Waals surface area contributed by atoms with Crippen molar-refractivity contribution >= 4 is 11.8 Å². The standard InChI is InChI=1S/C16H17F3N2O2S/c1-2-9-22-12-3-5-13(6-4-12)23-10-11-24-15-20-8-7-14(21-15)16(17,18)19/h3-8H,2,9-11H2,1H3. The van der Waals surface area contributed by atoms with E-state index in [0.29, 0.717) is 24.7 Å². The molecule has 0 saturated carbocycles. The van der Waals surface area contributed by atoms with E-state index in [2.05, 4.69) is 9.97 Å². The number of hydrogen-bond acceptors (Lipinski definition) is 5. The molecule has 1 aromatic heterocycles. The molecule has 4 nitrogen and oxygen atoms in total. The molecular formula is C16H17F3N2O2S. The average molecular weight is 358 g/mol.